The van der Waals surface area contributed by atoms with Crippen LogP contribution < -0.4 is 15.6 Å². The zero-order valence-corrected chi connectivity index (χ0v) is 18.2. The minimum atomic E-state index is -0.345. The van der Waals surface area contributed by atoms with E-state index in [2.05, 4.69) is 21.2 Å². The number of carbonyl (C=O) groups excluding carboxylic acids is 1. The molecule has 0 bridgehead atoms. The lowest BCUT2D eigenvalue weighted by molar-refractivity contribution is -0.116. The van der Waals surface area contributed by atoms with Gasteiger partial charge in [0, 0.05) is 15.4 Å². The maximum Gasteiger partial charge on any atom is 0.254 e. The Bertz CT molecular complexity index is 1090. The number of anilines is 1. The maximum atomic E-state index is 12.6. The molecule has 0 saturated carbocycles. The monoisotopic (exact) mass is 476 g/mol. The van der Waals surface area contributed by atoms with Crippen LogP contribution in [0.2, 0.25) is 0 Å². The highest BCUT2D eigenvalue weighted by molar-refractivity contribution is 9.10. The molecule has 1 aromatic heterocycles. The first-order valence-corrected chi connectivity index (χ1v) is 10.5. The average Bonchev–Trinajstić information content (AvgIpc) is 2.66. The van der Waals surface area contributed by atoms with Gasteiger partial charge in [0.05, 0.1) is 12.3 Å². The van der Waals surface area contributed by atoms with Gasteiger partial charge in [-0.15, -0.1) is 11.3 Å². The Morgan fingerprint density at radius 3 is 2.71 bits per heavy atom. The van der Waals surface area contributed by atoms with Gasteiger partial charge in [-0.3, -0.25) is 14.2 Å². The van der Waals surface area contributed by atoms with Gasteiger partial charge in [0.15, 0.2) is 3.95 Å². The van der Waals surface area contributed by atoms with Crippen molar-refractivity contribution in [3.63, 3.8) is 0 Å². The normalized spacial score (nSPS) is 10.5. The van der Waals surface area contributed by atoms with Gasteiger partial charge < -0.3 is 10.1 Å². The van der Waals surface area contributed by atoms with Gasteiger partial charge in [-0.25, -0.2) is 0 Å². The first-order valence-electron chi connectivity index (χ1n) is 8.50. The Balaban J connectivity index is 1.82. The van der Waals surface area contributed by atoms with Crippen LogP contribution in [0.1, 0.15) is 6.92 Å². The second-order valence-electron chi connectivity index (χ2n) is 5.79. The Morgan fingerprint density at radius 2 is 2.00 bits per heavy atom. The number of nitrogens with one attached hydrogen (secondary N) is 1. The van der Waals surface area contributed by atoms with Gasteiger partial charge in [0.25, 0.3) is 5.56 Å². The lowest BCUT2D eigenvalue weighted by Gasteiger charge is -2.12. The van der Waals surface area contributed by atoms with Crippen molar-refractivity contribution in [3.05, 3.63) is 73.4 Å². The van der Waals surface area contributed by atoms with Gasteiger partial charge in [0.2, 0.25) is 5.91 Å². The maximum absolute atomic E-state index is 12.6. The molecule has 3 rings (SSSR count). The first kappa shape index (κ1) is 20.4. The minimum absolute atomic E-state index is 0.159. The molecule has 2 aromatic carbocycles. The molecule has 0 aliphatic carbocycles. The van der Waals surface area contributed by atoms with Crippen LogP contribution in [0.15, 0.2) is 63.9 Å². The quantitative estimate of drug-likeness (QED) is 0.502. The van der Waals surface area contributed by atoms with Gasteiger partial charge in [-0.2, -0.15) is 0 Å². The fourth-order valence-electron chi connectivity index (χ4n) is 2.57. The standard InChI is InChI=1S/C20H17BrN2O3S2/c1-2-26-16-9-4-3-8-15(16)22-18(24)12-23-19(25)11-17(28-20(23)27)13-6-5-7-14(21)10-13/h3-11H,2,12H2,1H3,(H,22,24). The Kier molecular flexibility index (Phi) is 6.77. The molecule has 1 N–H and O–H groups in total. The van der Waals surface area contributed by atoms with Crippen LogP contribution >= 0.6 is 39.5 Å². The van der Waals surface area contributed by atoms with E-state index in [0.29, 0.717) is 22.0 Å². The molecule has 0 radical (unpaired) electrons. The van der Waals surface area contributed by atoms with E-state index < -0.39 is 0 Å². The van der Waals surface area contributed by atoms with Gasteiger partial charge in [0.1, 0.15) is 12.3 Å². The van der Waals surface area contributed by atoms with Crippen LogP contribution in [0, 0.1) is 3.95 Å². The molecule has 0 aliphatic heterocycles. The SMILES string of the molecule is CCOc1ccccc1NC(=O)Cn1c(=O)cc(-c2cccc(Br)c2)sc1=S. The third-order valence-electron chi connectivity index (χ3n) is 3.81. The third-order valence-corrected chi connectivity index (χ3v) is 5.74. The molecule has 8 heteroatoms. The summed E-state index contributed by atoms with van der Waals surface area (Å²) in [6.45, 7) is 2.20. The summed E-state index contributed by atoms with van der Waals surface area (Å²) in [7, 11) is 0. The molecule has 0 spiro atoms. The summed E-state index contributed by atoms with van der Waals surface area (Å²) >= 11 is 10.1. The molecule has 5 nitrogen and oxygen atoms in total. The highest BCUT2D eigenvalue weighted by Crippen LogP contribution is 2.26. The number of nitrogens with zero attached hydrogens (tertiary/aromatic N) is 1. The van der Waals surface area contributed by atoms with Gasteiger partial charge >= 0.3 is 0 Å². The second-order valence-corrected chi connectivity index (χ2v) is 8.38. The summed E-state index contributed by atoms with van der Waals surface area (Å²) in [5, 5.41) is 2.78. The molecule has 144 valence electrons. The summed E-state index contributed by atoms with van der Waals surface area (Å²) in [6, 6.07) is 16.3. The van der Waals surface area contributed by atoms with Crippen LogP contribution in [0.5, 0.6) is 5.75 Å². The topological polar surface area (TPSA) is 60.3 Å². The van der Waals surface area contributed by atoms with E-state index in [1.807, 2.05) is 37.3 Å². The van der Waals surface area contributed by atoms with Crippen LogP contribution in [-0.4, -0.2) is 17.1 Å². The summed E-state index contributed by atoms with van der Waals surface area (Å²) in [5.41, 5.74) is 1.14. The van der Waals surface area contributed by atoms with Crippen molar-refractivity contribution >= 4 is 51.1 Å². The van der Waals surface area contributed by atoms with Crippen molar-refractivity contribution in [1.29, 1.82) is 0 Å². The largest absolute Gasteiger partial charge is 0.492 e. The average molecular weight is 477 g/mol. The van der Waals surface area contributed by atoms with Crippen LogP contribution in [0.4, 0.5) is 5.69 Å². The van der Waals surface area contributed by atoms with Crippen molar-refractivity contribution in [1.82, 2.24) is 4.57 Å². The van der Waals surface area contributed by atoms with E-state index in [-0.39, 0.29) is 18.0 Å². The van der Waals surface area contributed by atoms with Crippen LogP contribution in [0.25, 0.3) is 10.4 Å². The van der Waals surface area contributed by atoms with Crippen molar-refractivity contribution in [2.24, 2.45) is 0 Å². The smallest absolute Gasteiger partial charge is 0.254 e. The minimum Gasteiger partial charge on any atom is -0.492 e. The fraction of sp³-hybridized carbons (Fsp3) is 0.150. The number of aromatic nitrogens is 1. The number of hydrogen-bond donors (Lipinski definition) is 1. The van der Waals surface area contributed by atoms with E-state index in [9.17, 15) is 9.59 Å². The predicted molar refractivity (Wildman–Crippen MR) is 119 cm³/mol. The van der Waals surface area contributed by atoms with E-state index in [0.717, 1.165) is 14.9 Å². The van der Waals surface area contributed by atoms with Crippen molar-refractivity contribution in [2.75, 3.05) is 11.9 Å². The Morgan fingerprint density at radius 1 is 1.21 bits per heavy atom. The number of hydrogen-bond acceptors (Lipinski definition) is 5. The summed E-state index contributed by atoms with van der Waals surface area (Å²) in [4.78, 5) is 25.8. The highest BCUT2D eigenvalue weighted by atomic mass is 79.9. The van der Waals surface area contributed by atoms with E-state index in [1.54, 1.807) is 18.2 Å². The lowest BCUT2D eigenvalue weighted by atomic mass is 10.2. The Labute approximate surface area is 179 Å². The molecule has 0 aliphatic rings. The van der Waals surface area contributed by atoms with Crippen LogP contribution in [-0.2, 0) is 11.3 Å². The lowest BCUT2D eigenvalue weighted by Crippen LogP contribution is -2.27. The molecule has 1 heterocycles. The van der Waals surface area contributed by atoms with Gasteiger partial charge in [-0.05, 0) is 49.0 Å². The van der Waals surface area contributed by atoms with Crippen LogP contribution in [0.3, 0.4) is 0 Å². The number of halogens is 1. The number of carbonyl (C=O) groups is 1. The summed E-state index contributed by atoms with van der Waals surface area (Å²) < 4.78 is 8.06. The van der Waals surface area contributed by atoms with E-state index in [1.165, 1.54) is 22.0 Å². The molecular weight excluding hydrogens is 460 g/mol. The zero-order chi connectivity index (χ0) is 20.1. The van der Waals surface area contributed by atoms with Crippen molar-refractivity contribution < 1.29 is 9.53 Å². The predicted octanol–water partition coefficient (Wildman–Crippen LogP) is 5.11. The molecule has 0 fully saturated rings. The number of rotatable bonds is 6. The molecular formula is C20H17BrN2O3S2. The zero-order valence-electron chi connectivity index (χ0n) is 15.0. The number of amides is 1. The molecule has 0 atom stereocenters. The molecule has 1 amide bonds. The number of ether oxygens (including phenoxy) is 1. The van der Waals surface area contributed by atoms with Crippen molar-refractivity contribution in [2.45, 2.75) is 13.5 Å². The first-order chi connectivity index (χ1) is 13.5. The third kappa shape index (κ3) is 4.95. The number of benzene rings is 2. The molecule has 0 unspecified atom stereocenters. The summed E-state index contributed by atoms with van der Waals surface area (Å²) in [6.07, 6.45) is 0. The second kappa shape index (κ2) is 9.27. The van der Waals surface area contributed by atoms with Gasteiger partial charge in [-0.1, -0.05) is 40.2 Å². The summed E-state index contributed by atoms with van der Waals surface area (Å²) in [5.74, 6) is 0.236. The number of para-hydroxylation sites is 2. The fourth-order valence-corrected chi connectivity index (χ4v) is 4.25. The molecule has 3 aromatic rings. The van der Waals surface area contributed by atoms with Crippen molar-refractivity contribution in [3.8, 4) is 16.2 Å². The molecule has 0 saturated heterocycles. The highest BCUT2D eigenvalue weighted by Gasteiger charge is 2.11. The Hall–Kier alpha value is -2.29. The van der Waals surface area contributed by atoms with E-state index >= 15 is 0 Å². The molecule has 28 heavy (non-hydrogen) atoms. The van der Waals surface area contributed by atoms with E-state index in [4.69, 9.17) is 17.0 Å².